The maximum atomic E-state index is 13.3. The first-order valence-corrected chi connectivity index (χ1v) is 13.6. The number of amides is 1. The van der Waals surface area contributed by atoms with Crippen molar-refractivity contribution in [3.05, 3.63) is 89.4 Å². The van der Waals surface area contributed by atoms with E-state index in [1.54, 1.807) is 16.9 Å². The molecule has 0 spiro atoms. The lowest BCUT2D eigenvalue weighted by molar-refractivity contribution is -0.117. The summed E-state index contributed by atoms with van der Waals surface area (Å²) < 4.78 is 5.52. The third-order valence-electron chi connectivity index (χ3n) is 7.73. The molecule has 1 aromatic carbocycles. The topological polar surface area (TPSA) is 121 Å². The Morgan fingerprint density at radius 3 is 2.88 bits per heavy atom. The van der Waals surface area contributed by atoms with Crippen molar-refractivity contribution in [3.63, 3.8) is 0 Å². The molecule has 2 aliphatic rings. The first-order chi connectivity index (χ1) is 19.6. The Labute approximate surface area is 232 Å². The van der Waals surface area contributed by atoms with Crippen LogP contribution in [-0.2, 0) is 11.3 Å². The van der Waals surface area contributed by atoms with E-state index in [1.807, 2.05) is 29.1 Å². The molecule has 2 unspecified atom stereocenters. The number of anilines is 1. The number of tetrazole rings is 1. The minimum absolute atomic E-state index is 0.00954. The number of fused-ring (bicyclic) bond motifs is 2. The van der Waals surface area contributed by atoms with Crippen LogP contribution in [0.25, 0.3) is 22.2 Å². The lowest BCUT2D eigenvalue weighted by atomic mass is 10.1. The summed E-state index contributed by atoms with van der Waals surface area (Å²) in [5.74, 6) is 0.898. The molecule has 5 aromatic heterocycles. The summed E-state index contributed by atoms with van der Waals surface area (Å²) in [5.41, 5.74) is 5.72. The van der Waals surface area contributed by atoms with Crippen molar-refractivity contribution < 1.29 is 4.79 Å². The van der Waals surface area contributed by atoms with Crippen LogP contribution in [0.2, 0.25) is 5.02 Å². The third kappa shape index (κ3) is 4.19. The fourth-order valence-electron chi connectivity index (χ4n) is 5.48. The molecular formula is C28H23ClN10O. The summed E-state index contributed by atoms with van der Waals surface area (Å²) in [4.78, 5) is 22.5. The predicted molar refractivity (Wildman–Crippen MR) is 147 cm³/mol. The summed E-state index contributed by atoms with van der Waals surface area (Å²) in [6.07, 6.45) is 12.6. The normalized spacial score (nSPS) is 18.4. The zero-order valence-corrected chi connectivity index (χ0v) is 22.0. The van der Waals surface area contributed by atoms with Gasteiger partial charge in [-0.2, -0.15) is 5.10 Å². The summed E-state index contributed by atoms with van der Waals surface area (Å²) in [7, 11) is 0. The van der Waals surface area contributed by atoms with Gasteiger partial charge in [0.05, 0.1) is 28.8 Å². The number of pyridine rings is 2. The van der Waals surface area contributed by atoms with E-state index in [2.05, 4.69) is 54.8 Å². The minimum Gasteiger partial charge on any atom is -0.310 e. The van der Waals surface area contributed by atoms with Crippen LogP contribution < -0.4 is 5.32 Å². The fraction of sp³-hybridized carbons (Fsp3) is 0.250. The number of carbonyl (C=O) groups is 1. The molecule has 0 bridgehead atoms. The zero-order chi connectivity index (χ0) is 26.8. The lowest BCUT2D eigenvalue weighted by Gasteiger charge is -2.09. The zero-order valence-electron chi connectivity index (χ0n) is 21.2. The lowest BCUT2D eigenvalue weighted by Crippen LogP contribution is -2.16. The Bertz CT molecular complexity index is 1910. The number of rotatable bonds is 7. The molecule has 5 heterocycles. The maximum Gasteiger partial charge on any atom is 0.229 e. The van der Waals surface area contributed by atoms with E-state index in [0.717, 1.165) is 33.5 Å². The molecule has 0 aliphatic heterocycles. The Hall–Kier alpha value is -4.64. The second kappa shape index (κ2) is 8.95. The highest BCUT2D eigenvalue weighted by Gasteiger charge is 2.45. The van der Waals surface area contributed by atoms with Crippen molar-refractivity contribution >= 4 is 39.9 Å². The van der Waals surface area contributed by atoms with Crippen molar-refractivity contribution in [2.24, 2.45) is 5.92 Å². The highest BCUT2D eigenvalue weighted by Crippen LogP contribution is 2.50. The molecule has 2 aliphatic carbocycles. The van der Waals surface area contributed by atoms with Crippen LogP contribution in [0.1, 0.15) is 47.9 Å². The first kappa shape index (κ1) is 23.3. The molecule has 2 atom stereocenters. The molecule has 6 aromatic rings. The van der Waals surface area contributed by atoms with E-state index in [4.69, 9.17) is 21.7 Å². The van der Waals surface area contributed by atoms with Crippen molar-refractivity contribution in [1.29, 1.82) is 0 Å². The van der Waals surface area contributed by atoms with Crippen LogP contribution in [0.4, 0.5) is 5.82 Å². The van der Waals surface area contributed by atoms with Crippen molar-refractivity contribution in [3.8, 4) is 5.69 Å². The highest BCUT2D eigenvalue weighted by atomic mass is 35.5. The van der Waals surface area contributed by atoms with Gasteiger partial charge in [0.2, 0.25) is 5.91 Å². The number of nitrogens with zero attached hydrogens (tertiary/aromatic N) is 9. The number of aromatic nitrogens is 9. The largest absolute Gasteiger partial charge is 0.310 e. The van der Waals surface area contributed by atoms with Gasteiger partial charge in [-0.05, 0) is 83.0 Å². The quantitative estimate of drug-likeness (QED) is 0.313. The Morgan fingerprint density at radius 2 is 2.02 bits per heavy atom. The Balaban J connectivity index is 1.01. The van der Waals surface area contributed by atoms with Gasteiger partial charge in [-0.15, -0.1) is 5.10 Å². The predicted octanol–water partition coefficient (Wildman–Crippen LogP) is 4.38. The first-order valence-electron chi connectivity index (χ1n) is 13.2. The average Bonchev–Trinajstić information content (AvgIpc) is 3.81. The molecular weight excluding hydrogens is 528 g/mol. The van der Waals surface area contributed by atoms with Crippen LogP contribution in [0, 0.1) is 5.92 Å². The number of carbonyl (C=O) groups excluding carboxylic acids is 1. The SMILES string of the molecule is O=C(Nc1nccc2nn(Cc3cn4cc(C5CC5)ccc4n3)cc12)C1CC1c1cc(Cl)ccc1-n1cnnn1. The number of imidazole rings is 1. The number of halogens is 1. The van der Waals surface area contributed by atoms with E-state index < -0.39 is 0 Å². The molecule has 2 fully saturated rings. The van der Waals surface area contributed by atoms with Gasteiger partial charge < -0.3 is 9.72 Å². The number of hydrogen-bond acceptors (Lipinski definition) is 7. The number of nitrogens with one attached hydrogen (secondary N) is 1. The van der Waals surface area contributed by atoms with Crippen LogP contribution in [-0.4, -0.2) is 50.3 Å². The van der Waals surface area contributed by atoms with Gasteiger partial charge in [0.25, 0.3) is 0 Å². The standard InChI is InChI=1S/C28H23ClN10O/c29-18-4-5-25(39-15-31-35-36-39)21(9-18)20-10-22(20)28(40)33-27-23-14-38(34-24(23)7-8-30-27)13-19-12-37-11-17(16-1-2-16)3-6-26(37)32-19/h3-9,11-12,14-16,20,22H,1-2,10,13H2,(H,30,33,40). The monoisotopic (exact) mass is 550 g/mol. The highest BCUT2D eigenvalue weighted by molar-refractivity contribution is 6.30. The molecule has 198 valence electrons. The van der Waals surface area contributed by atoms with Gasteiger partial charge in [-0.25, -0.2) is 14.6 Å². The molecule has 11 nitrogen and oxygen atoms in total. The van der Waals surface area contributed by atoms with Gasteiger partial charge in [-0.3, -0.25) is 9.48 Å². The summed E-state index contributed by atoms with van der Waals surface area (Å²) in [6, 6.07) is 11.6. The molecule has 0 saturated heterocycles. The summed E-state index contributed by atoms with van der Waals surface area (Å²) >= 11 is 6.29. The Kier molecular flexibility index (Phi) is 5.21. The van der Waals surface area contributed by atoms with Crippen LogP contribution in [0.3, 0.4) is 0 Å². The van der Waals surface area contributed by atoms with E-state index in [-0.39, 0.29) is 17.7 Å². The van der Waals surface area contributed by atoms with E-state index in [1.165, 1.54) is 24.7 Å². The molecule has 2 saturated carbocycles. The van der Waals surface area contributed by atoms with E-state index in [0.29, 0.717) is 29.7 Å². The van der Waals surface area contributed by atoms with Gasteiger partial charge in [0, 0.05) is 35.7 Å². The average molecular weight is 551 g/mol. The Morgan fingerprint density at radius 1 is 1.10 bits per heavy atom. The van der Waals surface area contributed by atoms with Crippen molar-refractivity contribution in [1.82, 2.24) is 44.4 Å². The van der Waals surface area contributed by atoms with Crippen LogP contribution in [0.5, 0.6) is 0 Å². The molecule has 12 heteroatoms. The maximum absolute atomic E-state index is 13.3. The second-order valence-corrected chi connectivity index (χ2v) is 11.0. The fourth-order valence-corrected chi connectivity index (χ4v) is 5.66. The second-order valence-electron chi connectivity index (χ2n) is 10.5. The van der Waals surface area contributed by atoms with Gasteiger partial charge in [0.1, 0.15) is 17.8 Å². The van der Waals surface area contributed by atoms with Crippen molar-refractivity contribution in [2.75, 3.05) is 5.32 Å². The van der Waals surface area contributed by atoms with Crippen LogP contribution >= 0.6 is 11.6 Å². The summed E-state index contributed by atoms with van der Waals surface area (Å²) in [6.45, 7) is 0.516. The molecule has 1 amide bonds. The van der Waals surface area contributed by atoms with Crippen molar-refractivity contribution in [2.45, 2.75) is 37.6 Å². The van der Waals surface area contributed by atoms with Crippen LogP contribution in [0.15, 0.2) is 67.5 Å². The molecule has 1 N–H and O–H groups in total. The van der Waals surface area contributed by atoms with E-state index >= 15 is 0 Å². The minimum atomic E-state index is -0.209. The number of hydrogen-bond donors (Lipinski definition) is 1. The molecule has 8 rings (SSSR count). The van der Waals surface area contributed by atoms with Gasteiger partial charge >= 0.3 is 0 Å². The third-order valence-corrected chi connectivity index (χ3v) is 7.97. The number of benzene rings is 1. The van der Waals surface area contributed by atoms with E-state index in [9.17, 15) is 4.79 Å². The summed E-state index contributed by atoms with van der Waals surface area (Å²) in [5, 5.41) is 20.6. The smallest absolute Gasteiger partial charge is 0.229 e. The molecule has 0 radical (unpaired) electrons. The molecule has 40 heavy (non-hydrogen) atoms. The van der Waals surface area contributed by atoms with Gasteiger partial charge in [-0.1, -0.05) is 17.7 Å². The van der Waals surface area contributed by atoms with Gasteiger partial charge in [0.15, 0.2) is 0 Å².